The second-order valence-electron chi connectivity index (χ2n) is 8.20. The Bertz CT molecular complexity index is 1110. The number of nitriles is 1. The average Bonchev–Trinajstić information content (AvgIpc) is 3.06. The summed E-state index contributed by atoms with van der Waals surface area (Å²) in [6.07, 6.45) is -3.62. The number of halogens is 3. The number of aliphatic hydroxyl groups is 1. The second kappa shape index (κ2) is 10.5. The van der Waals surface area contributed by atoms with Crippen LogP contribution in [-0.4, -0.2) is 34.3 Å². The maximum absolute atomic E-state index is 13.2. The monoisotopic (exact) mass is 457 g/mol. The fourth-order valence-electron chi connectivity index (χ4n) is 3.68. The third-order valence-electron chi connectivity index (χ3n) is 5.04. The number of ether oxygens (including phenoxy) is 1. The van der Waals surface area contributed by atoms with Gasteiger partial charge in [0.15, 0.2) is 0 Å². The summed E-state index contributed by atoms with van der Waals surface area (Å²) in [7, 11) is 0. The molecule has 0 bridgehead atoms. The van der Waals surface area contributed by atoms with E-state index in [-0.39, 0.29) is 25.0 Å². The predicted molar refractivity (Wildman–Crippen MR) is 119 cm³/mol. The molecule has 1 aromatic heterocycles. The van der Waals surface area contributed by atoms with E-state index in [9.17, 15) is 18.4 Å². The molecular weight excluding hydrogens is 431 g/mol. The molecule has 0 radical (unpaired) electrons. The predicted octanol–water partition coefficient (Wildman–Crippen LogP) is 5.14. The molecule has 3 aromatic rings. The summed E-state index contributed by atoms with van der Waals surface area (Å²) < 4.78 is 45.8. The second-order valence-corrected chi connectivity index (χ2v) is 8.20. The van der Waals surface area contributed by atoms with Gasteiger partial charge in [0.1, 0.15) is 13.2 Å². The quantitative estimate of drug-likeness (QED) is 0.483. The van der Waals surface area contributed by atoms with Gasteiger partial charge in [-0.3, -0.25) is 0 Å². The van der Waals surface area contributed by atoms with E-state index in [0.29, 0.717) is 29.7 Å². The number of alkyl halides is 3. The molecule has 0 amide bonds. The van der Waals surface area contributed by atoms with Gasteiger partial charge in [-0.05, 0) is 35.1 Å². The van der Waals surface area contributed by atoms with E-state index in [1.807, 2.05) is 50.2 Å². The number of rotatable bonds is 9. The van der Waals surface area contributed by atoms with Crippen molar-refractivity contribution in [2.75, 3.05) is 13.2 Å². The van der Waals surface area contributed by atoms with Crippen LogP contribution in [0, 0.1) is 17.2 Å². The van der Waals surface area contributed by atoms with E-state index >= 15 is 0 Å². The third-order valence-corrected chi connectivity index (χ3v) is 5.04. The Kier molecular flexibility index (Phi) is 7.77. The summed E-state index contributed by atoms with van der Waals surface area (Å²) in [6.45, 7) is 2.25. The minimum atomic E-state index is -4.45. The highest BCUT2D eigenvalue weighted by atomic mass is 19.4. The molecule has 174 valence electrons. The molecule has 0 aliphatic heterocycles. The highest BCUT2D eigenvalue weighted by Crippen LogP contribution is 2.31. The van der Waals surface area contributed by atoms with Crippen LogP contribution in [0.5, 0.6) is 5.88 Å². The molecule has 0 aliphatic rings. The number of hydrogen-bond donors (Lipinski definition) is 1. The summed E-state index contributed by atoms with van der Waals surface area (Å²) in [5, 5.41) is 22.7. The fraction of sp³-hybridized carbons (Fsp3) is 0.360. The van der Waals surface area contributed by atoms with Crippen molar-refractivity contribution in [1.29, 1.82) is 5.26 Å². The molecule has 1 heterocycles. The van der Waals surface area contributed by atoms with Crippen molar-refractivity contribution in [2.24, 2.45) is 5.92 Å². The molecular formula is C25H26F3N3O2. The Morgan fingerprint density at radius 3 is 2.42 bits per heavy atom. The molecule has 0 atom stereocenters. The molecule has 1 N–H and O–H groups in total. The van der Waals surface area contributed by atoms with E-state index in [2.05, 4.69) is 11.2 Å². The summed E-state index contributed by atoms with van der Waals surface area (Å²) in [5.74, 6) is 0.226. The zero-order valence-corrected chi connectivity index (χ0v) is 18.6. The SMILES string of the molecule is CC(C)Cc1nn(CC(F)(F)F)c(OCCO)c1Cc1ccc(-c2ccccc2C#N)cc1. The number of nitrogens with zero attached hydrogens (tertiary/aromatic N) is 3. The number of aromatic nitrogens is 2. The molecule has 0 fully saturated rings. The first-order valence-electron chi connectivity index (χ1n) is 10.7. The minimum Gasteiger partial charge on any atom is -0.475 e. The van der Waals surface area contributed by atoms with Gasteiger partial charge in [-0.2, -0.15) is 23.5 Å². The Hall–Kier alpha value is -3.31. The van der Waals surface area contributed by atoms with E-state index in [0.717, 1.165) is 21.4 Å². The van der Waals surface area contributed by atoms with Gasteiger partial charge in [0, 0.05) is 12.0 Å². The maximum Gasteiger partial charge on any atom is 0.408 e. The van der Waals surface area contributed by atoms with Gasteiger partial charge >= 0.3 is 6.18 Å². The molecule has 5 nitrogen and oxygen atoms in total. The van der Waals surface area contributed by atoms with Crippen LogP contribution >= 0.6 is 0 Å². The lowest BCUT2D eigenvalue weighted by atomic mass is 9.96. The molecule has 0 aliphatic carbocycles. The van der Waals surface area contributed by atoms with Gasteiger partial charge in [-0.25, -0.2) is 4.68 Å². The fourth-order valence-corrected chi connectivity index (χ4v) is 3.68. The molecule has 0 unspecified atom stereocenters. The van der Waals surface area contributed by atoms with Crippen molar-refractivity contribution in [3.05, 3.63) is 70.9 Å². The van der Waals surface area contributed by atoms with E-state index in [1.165, 1.54) is 0 Å². The molecule has 0 saturated heterocycles. The number of benzene rings is 2. The van der Waals surface area contributed by atoms with Gasteiger partial charge < -0.3 is 9.84 Å². The van der Waals surface area contributed by atoms with Crippen LogP contribution in [0.3, 0.4) is 0 Å². The zero-order chi connectivity index (χ0) is 24.0. The number of hydrogen-bond acceptors (Lipinski definition) is 4. The lowest BCUT2D eigenvalue weighted by molar-refractivity contribution is -0.143. The van der Waals surface area contributed by atoms with Gasteiger partial charge in [-0.15, -0.1) is 0 Å². The van der Waals surface area contributed by atoms with Gasteiger partial charge in [-0.1, -0.05) is 56.3 Å². The van der Waals surface area contributed by atoms with Gasteiger partial charge in [0.2, 0.25) is 5.88 Å². The summed E-state index contributed by atoms with van der Waals surface area (Å²) in [5.41, 5.74) is 4.28. The molecule has 2 aromatic carbocycles. The zero-order valence-electron chi connectivity index (χ0n) is 18.6. The minimum absolute atomic E-state index is 0.0379. The van der Waals surface area contributed by atoms with Crippen LogP contribution in [0.25, 0.3) is 11.1 Å². The summed E-state index contributed by atoms with van der Waals surface area (Å²) >= 11 is 0. The Labute approximate surface area is 191 Å². The smallest absolute Gasteiger partial charge is 0.408 e. The van der Waals surface area contributed by atoms with Crippen LogP contribution < -0.4 is 4.74 Å². The highest BCUT2D eigenvalue weighted by molar-refractivity contribution is 5.70. The summed E-state index contributed by atoms with van der Waals surface area (Å²) in [6, 6.07) is 17.0. The van der Waals surface area contributed by atoms with Crippen LogP contribution in [0.15, 0.2) is 48.5 Å². The molecule has 3 rings (SSSR count). The van der Waals surface area contributed by atoms with Crippen molar-refractivity contribution in [3.63, 3.8) is 0 Å². The van der Waals surface area contributed by atoms with Crippen molar-refractivity contribution in [3.8, 4) is 23.1 Å². The first-order chi connectivity index (χ1) is 15.7. The summed E-state index contributed by atoms with van der Waals surface area (Å²) in [4.78, 5) is 0. The molecule has 0 saturated carbocycles. The van der Waals surface area contributed by atoms with Crippen molar-refractivity contribution >= 4 is 0 Å². The van der Waals surface area contributed by atoms with Gasteiger partial charge in [0.25, 0.3) is 0 Å². The average molecular weight is 457 g/mol. The van der Waals surface area contributed by atoms with Crippen LogP contribution in [0.1, 0.15) is 36.2 Å². The van der Waals surface area contributed by atoms with E-state index in [4.69, 9.17) is 9.84 Å². The third kappa shape index (κ3) is 6.36. The lowest BCUT2D eigenvalue weighted by Crippen LogP contribution is -2.20. The van der Waals surface area contributed by atoms with Crippen molar-refractivity contribution in [1.82, 2.24) is 9.78 Å². The van der Waals surface area contributed by atoms with E-state index < -0.39 is 12.7 Å². The van der Waals surface area contributed by atoms with Crippen LogP contribution in [0.2, 0.25) is 0 Å². The first kappa shape index (κ1) is 24.3. The normalized spacial score (nSPS) is 11.6. The molecule has 8 heteroatoms. The van der Waals surface area contributed by atoms with Crippen LogP contribution in [-0.2, 0) is 19.4 Å². The Balaban J connectivity index is 1.97. The first-order valence-corrected chi connectivity index (χ1v) is 10.7. The van der Waals surface area contributed by atoms with Crippen molar-refractivity contribution < 1.29 is 23.0 Å². The Morgan fingerprint density at radius 2 is 1.82 bits per heavy atom. The lowest BCUT2D eigenvalue weighted by Gasteiger charge is -2.13. The largest absolute Gasteiger partial charge is 0.475 e. The highest BCUT2D eigenvalue weighted by Gasteiger charge is 2.32. The van der Waals surface area contributed by atoms with Crippen LogP contribution in [0.4, 0.5) is 13.2 Å². The molecule has 33 heavy (non-hydrogen) atoms. The topological polar surface area (TPSA) is 71.1 Å². The van der Waals surface area contributed by atoms with Gasteiger partial charge in [0.05, 0.1) is 23.9 Å². The number of aliphatic hydroxyl groups excluding tert-OH is 1. The maximum atomic E-state index is 13.2. The molecule has 0 spiro atoms. The van der Waals surface area contributed by atoms with Crippen molar-refractivity contribution in [2.45, 2.75) is 39.4 Å². The standard InChI is InChI=1S/C25H26F3N3O2/c1-17(2)13-23-22(24(33-12-11-32)31(30-23)16-25(26,27)28)14-18-7-9-19(10-8-18)21-6-4-3-5-20(21)15-29/h3-10,17,32H,11-14,16H2,1-2H3. The Morgan fingerprint density at radius 1 is 1.12 bits per heavy atom. The van der Waals surface area contributed by atoms with E-state index in [1.54, 1.807) is 12.1 Å².